The molecule has 0 spiro atoms. The van der Waals surface area contributed by atoms with Crippen LogP contribution in [0.25, 0.3) is 0 Å². The third-order valence-electron chi connectivity index (χ3n) is 4.68. The van der Waals surface area contributed by atoms with E-state index in [0.29, 0.717) is 25.9 Å². The summed E-state index contributed by atoms with van der Waals surface area (Å²) in [7, 11) is 0. The van der Waals surface area contributed by atoms with Gasteiger partial charge in [-0.2, -0.15) is 0 Å². The summed E-state index contributed by atoms with van der Waals surface area (Å²) in [5, 5.41) is 9.14. The molecule has 2 unspecified atom stereocenters. The van der Waals surface area contributed by atoms with E-state index in [2.05, 4.69) is 32.0 Å². The SMILES string of the molecule is Cc1ccc(CCC(=O)N2CCC(C(=O)O)C(C)C2)c(C)c1. The zero-order chi connectivity index (χ0) is 16.3. The Balaban J connectivity index is 1.89. The summed E-state index contributed by atoms with van der Waals surface area (Å²) in [6, 6.07) is 6.31. The number of carboxylic acids is 1. The van der Waals surface area contributed by atoms with E-state index >= 15 is 0 Å². The highest BCUT2D eigenvalue weighted by Gasteiger charge is 2.32. The molecule has 0 saturated carbocycles. The highest BCUT2D eigenvalue weighted by molar-refractivity contribution is 5.77. The monoisotopic (exact) mass is 303 g/mol. The quantitative estimate of drug-likeness (QED) is 0.930. The van der Waals surface area contributed by atoms with E-state index in [0.717, 1.165) is 6.42 Å². The fraction of sp³-hybridized carbons (Fsp3) is 0.556. The number of likely N-dealkylation sites (tertiary alicyclic amines) is 1. The standard InChI is InChI=1S/C18H25NO3/c1-12-4-5-15(13(2)10-12)6-7-17(20)19-9-8-16(18(21)22)14(3)11-19/h4-5,10,14,16H,6-9,11H2,1-3H3,(H,21,22). The van der Waals surface area contributed by atoms with Crippen molar-refractivity contribution < 1.29 is 14.7 Å². The van der Waals surface area contributed by atoms with Crippen LogP contribution < -0.4 is 0 Å². The second-order valence-corrected chi connectivity index (χ2v) is 6.48. The number of carboxylic acid groups (broad SMARTS) is 1. The zero-order valence-electron chi connectivity index (χ0n) is 13.6. The fourth-order valence-electron chi connectivity index (χ4n) is 3.26. The minimum absolute atomic E-state index is 0.0244. The number of carbonyl (C=O) groups excluding carboxylic acids is 1. The van der Waals surface area contributed by atoms with Crippen LogP contribution in [0.1, 0.15) is 36.5 Å². The van der Waals surface area contributed by atoms with Gasteiger partial charge < -0.3 is 10.0 Å². The Morgan fingerprint density at radius 1 is 1.32 bits per heavy atom. The molecule has 1 aliphatic rings. The first-order valence-electron chi connectivity index (χ1n) is 7.95. The lowest BCUT2D eigenvalue weighted by Crippen LogP contribution is -2.45. The summed E-state index contributed by atoms with van der Waals surface area (Å²) in [4.78, 5) is 25.3. The van der Waals surface area contributed by atoms with Gasteiger partial charge >= 0.3 is 5.97 Å². The summed E-state index contributed by atoms with van der Waals surface area (Å²) in [5.74, 6) is -0.898. The number of carbonyl (C=O) groups is 2. The van der Waals surface area contributed by atoms with Crippen molar-refractivity contribution in [2.45, 2.75) is 40.0 Å². The predicted octanol–water partition coefficient (Wildman–Crippen LogP) is 2.81. The van der Waals surface area contributed by atoms with E-state index < -0.39 is 5.97 Å². The molecule has 2 rings (SSSR count). The van der Waals surface area contributed by atoms with Crippen molar-refractivity contribution in [2.24, 2.45) is 11.8 Å². The van der Waals surface area contributed by atoms with Gasteiger partial charge in [0.25, 0.3) is 0 Å². The number of aryl methyl sites for hydroxylation is 3. The van der Waals surface area contributed by atoms with Crippen molar-refractivity contribution >= 4 is 11.9 Å². The lowest BCUT2D eigenvalue weighted by atomic mass is 9.87. The summed E-state index contributed by atoms with van der Waals surface area (Å²) >= 11 is 0. The molecule has 22 heavy (non-hydrogen) atoms. The van der Waals surface area contributed by atoms with Gasteiger partial charge in [0.1, 0.15) is 0 Å². The highest BCUT2D eigenvalue weighted by Crippen LogP contribution is 2.24. The number of hydrogen-bond acceptors (Lipinski definition) is 2. The molecule has 1 N–H and O–H groups in total. The molecule has 120 valence electrons. The lowest BCUT2D eigenvalue weighted by molar-refractivity contribution is -0.148. The van der Waals surface area contributed by atoms with E-state index in [1.807, 2.05) is 11.8 Å². The van der Waals surface area contributed by atoms with Crippen LogP contribution in [0.4, 0.5) is 0 Å². The summed E-state index contributed by atoms with van der Waals surface area (Å²) < 4.78 is 0. The number of nitrogens with zero attached hydrogens (tertiary/aromatic N) is 1. The molecule has 2 atom stereocenters. The maximum atomic E-state index is 12.4. The molecule has 0 aliphatic carbocycles. The van der Waals surface area contributed by atoms with E-state index in [4.69, 9.17) is 5.11 Å². The van der Waals surface area contributed by atoms with Gasteiger partial charge in [-0.15, -0.1) is 0 Å². The number of benzene rings is 1. The van der Waals surface area contributed by atoms with Crippen molar-refractivity contribution in [1.82, 2.24) is 4.90 Å². The molecule has 4 heteroatoms. The number of piperidine rings is 1. The summed E-state index contributed by atoms with van der Waals surface area (Å²) in [6.45, 7) is 7.18. The number of amides is 1. The Hall–Kier alpha value is -1.84. The highest BCUT2D eigenvalue weighted by atomic mass is 16.4. The molecule has 1 aromatic carbocycles. The predicted molar refractivity (Wildman–Crippen MR) is 85.7 cm³/mol. The van der Waals surface area contributed by atoms with Crippen LogP contribution in [0.3, 0.4) is 0 Å². The van der Waals surface area contributed by atoms with Crippen LogP contribution in [-0.4, -0.2) is 35.0 Å². The Kier molecular flexibility index (Phi) is 5.22. The summed E-state index contributed by atoms with van der Waals surface area (Å²) in [6.07, 6.45) is 1.80. The molecular formula is C18H25NO3. The number of hydrogen-bond donors (Lipinski definition) is 1. The average molecular weight is 303 g/mol. The van der Waals surface area contributed by atoms with Gasteiger partial charge in [0, 0.05) is 19.5 Å². The molecule has 1 aromatic rings. The van der Waals surface area contributed by atoms with Gasteiger partial charge in [-0.3, -0.25) is 9.59 Å². The molecular weight excluding hydrogens is 278 g/mol. The summed E-state index contributed by atoms with van der Waals surface area (Å²) in [5.41, 5.74) is 3.68. The van der Waals surface area contributed by atoms with Gasteiger partial charge in [0.05, 0.1) is 5.92 Å². The first-order valence-corrected chi connectivity index (χ1v) is 7.95. The van der Waals surface area contributed by atoms with Crippen molar-refractivity contribution in [2.75, 3.05) is 13.1 Å². The largest absolute Gasteiger partial charge is 0.481 e. The van der Waals surface area contributed by atoms with Crippen LogP contribution in [0.5, 0.6) is 0 Å². The second kappa shape index (κ2) is 6.95. The minimum Gasteiger partial charge on any atom is -0.481 e. The molecule has 1 fully saturated rings. The lowest BCUT2D eigenvalue weighted by Gasteiger charge is -2.35. The number of aliphatic carboxylic acids is 1. The molecule has 1 saturated heterocycles. The van der Waals surface area contributed by atoms with E-state index in [1.54, 1.807) is 0 Å². The maximum absolute atomic E-state index is 12.4. The number of rotatable bonds is 4. The van der Waals surface area contributed by atoms with Gasteiger partial charge in [0.15, 0.2) is 0 Å². The Bertz CT molecular complexity index is 567. The van der Waals surface area contributed by atoms with Gasteiger partial charge in [0.2, 0.25) is 5.91 Å². The van der Waals surface area contributed by atoms with E-state index in [1.165, 1.54) is 16.7 Å². The van der Waals surface area contributed by atoms with Crippen LogP contribution in [0, 0.1) is 25.7 Å². The van der Waals surface area contributed by atoms with E-state index in [9.17, 15) is 9.59 Å². The van der Waals surface area contributed by atoms with Crippen molar-refractivity contribution in [3.05, 3.63) is 34.9 Å². The molecule has 1 aliphatic heterocycles. The zero-order valence-corrected chi connectivity index (χ0v) is 13.6. The van der Waals surface area contributed by atoms with Crippen molar-refractivity contribution in [3.8, 4) is 0 Å². The topological polar surface area (TPSA) is 57.6 Å². The molecule has 1 amide bonds. The van der Waals surface area contributed by atoms with Crippen LogP contribution in [0.15, 0.2) is 18.2 Å². The third kappa shape index (κ3) is 3.87. The van der Waals surface area contributed by atoms with Crippen molar-refractivity contribution in [1.29, 1.82) is 0 Å². The molecule has 0 bridgehead atoms. The van der Waals surface area contributed by atoms with E-state index in [-0.39, 0.29) is 17.7 Å². The normalized spacial score (nSPS) is 21.7. The minimum atomic E-state index is -0.741. The average Bonchev–Trinajstić information content (AvgIpc) is 2.45. The van der Waals surface area contributed by atoms with Crippen LogP contribution in [-0.2, 0) is 16.0 Å². The van der Waals surface area contributed by atoms with Gasteiger partial charge in [-0.1, -0.05) is 30.7 Å². The first kappa shape index (κ1) is 16.5. The maximum Gasteiger partial charge on any atom is 0.306 e. The second-order valence-electron chi connectivity index (χ2n) is 6.48. The van der Waals surface area contributed by atoms with Gasteiger partial charge in [-0.05, 0) is 43.7 Å². The molecule has 0 radical (unpaired) electrons. The van der Waals surface area contributed by atoms with Crippen LogP contribution >= 0.6 is 0 Å². The third-order valence-corrected chi connectivity index (χ3v) is 4.68. The Morgan fingerprint density at radius 2 is 2.05 bits per heavy atom. The molecule has 1 heterocycles. The first-order chi connectivity index (χ1) is 10.4. The smallest absolute Gasteiger partial charge is 0.306 e. The van der Waals surface area contributed by atoms with Crippen LogP contribution in [0.2, 0.25) is 0 Å². The molecule has 0 aromatic heterocycles. The van der Waals surface area contributed by atoms with Crippen molar-refractivity contribution in [3.63, 3.8) is 0 Å². The Morgan fingerprint density at radius 3 is 2.64 bits per heavy atom. The fourth-order valence-corrected chi connectivity index (χ4v) is 3.26. The van der Waals surface area contributed by atoms with Gasteiger partial charge in [-0.25, -0.2) is 0 Å². The Labute approximate surface area is 132 Å². The molecule has 4 nitrogen and oxygen atoms in total.